The number of hydrogen-bond donors (Lipinski definition) is 1. The van der Waals surface area contributed by atoms with Crippen LogP contribution < -0.4 is 5.32 Å². The van der Waals surface area contributed by atoms with Crippen molar-refractivity contribution < 1.29 is 4.39 Å². The monoisotopic (exact) mass is 231 g/mol. The Morgan fingerprint density at radius 3 is 2.36 bits per heavy atom. The SMILES string of the molecule is C#CC(C)Nc1c(Cl)cc(F)cc1Cl. The highest BCUT2D eigenvalue weighted by atomic mass is 35.5. The van der Waals surface area contributed by atoms with Crippen molar-refractivity contribution in [3.05, 3.63) is 28.0 Å². The molecule has 0 saturated carbocycles. The van der Waals surface area contributed by atoms with Crippen molar-refractivity contribution in [2.75, 3.05) is 5.32 Å². The van der Waals surface area contributed by atoms with E-state index in [1.165, 1.54) is 12.1 Å². The van der Waals surface area contributed by atoms with E-state index in [2.05, 4.69) is 11.2 Å². The summed E-state index contributed by atoms with van der Waals surface area (Å²) in [6.45, 7) is 1.77. The van der Waals surface area contributed by atoms with Crippen molar-refractivity contribution in [2.45, 2.75) is 13.0 Å². The summed E-state index contributed by atoms with van der Waals surface area (Å²) < 4.78 is 12.8. The zero-order valence-corrected chi connectivity index (χ0v) is 8.96. The second-order valence-corrected chi connectivity index (χ2v) is 3.59. The quantitative estimate of drug-likeness (QED) is 0.768. The van der Waals surface area contributed by atoms with Crippen molar-refractivity contribution in [2.24, 2.45) is 0 Å². The minimum atomic E-state index is -0.473. The fourth-order valence-corrected chi connectivity index (χ4v) is 1.51. The van der Waals surface area contributed by atoms with Crippen molar-refractivity contribution in [1.82, 2.24) is 0 Å². The molecule has 0 aromatic heterocycles. The Balaban J connectivity index is 3.04. The third-order valence-electron chi connectivity index (χ3n) is 1.62. The molecule has 1 aromatic rings. The fourth-order valence-electron chi connectivity index (χ4n) is 0.938. The van der Waals surface area contributed by atoms with Crippen LogP contribution in [0.2, 0.25) is 10.0 Å². The van der Waals surface area contributed by atoms with Crippen molar-refractivity contribution in [3.8, 4) is 12.3 Å². The summed E-state index contributed by atoms with van der Waals surface area (Å²) in [7, 11) is 0. The van der Waals surface area contributed by atoms with Gasteiger partial charge in [0.2, 0.25) is 0 Å². The van der Waals surface area contributed by atoms with Crippen molar-refractivity contribution >= 4 is 28.9 Å². The van der Waals surface area contributed by atoms with E-state index in [4.69, 9.17) is 29.6 Å². The minimum Gasteiger partial charge on any atom is -0.369 e. The third kappa shape index (κ3) is 2.54. The minimum absolute atomic E-state index is 0.213. The molecule has 0 fully saturated rings. The van der Waals surface area contributed by atoms with E-state index in [0.29, 0.717) is 5.69 Å². The lowest BCUT2D eigenvalue weighted by molar-refractivity contribution is 0.628. The lowest BCUT2D eigenvalue weighted by atomic mass is 10.2. The molecule has 0 radical (unpaired) electrons. The summed E-state index contributed by atoms with van der Waals surface area (Å²) in [5.74, 6) is 1.99. The van der Waals surface area contributed by atoms with Crippen molar-refractivity contribution in [3.63, 3.8) is 0 Å². The van der Waals surface area contributed by atoms with Crippen molar-refractivity contribution in [1.29, 1.82) is 0 Å². The molecule has 74 valence electrons. The average Bonchev–Trinajstić information content (AvgIpc) is 2.10. The number of hydrogen-bond acceptors (Lipinski definition) is 1. The molecule has 0 bridgehead atoms. The van der Waals surface area contributed by atoms with Crippen LogP contribution in [0.3, 0.4) is 0 Å². The maximum Gasteiger partial charge on any atom is 0.126 e. The highest BCUT2D eigenvalue weighted by molar-refractivity contribution is 6.39. The zero-order chi connectivity index (χ0) is 10.7. The van der Waals surface area contributed by atoms with Crippen LogP contribution in [-0.2, 0) is 0 Å². The second-order valence-electron chi connectivity index (χ2n) is 2.78. The Kier molecular flexibility index (Phi) is 3.62. The molecule has 0 heterocycles. The fraction of sp³-hybridized carbons (Fsp3) is 0.200. The maximum atomic E-state index is 12.8. The standard InChI is InChI=1S/C10H8Cl2FN/c1-3-6(2)14-10-8(11)4-7(13)5-9(10)12/h1,4-6,14H,2H3. The smallest absolute Gasteiger partial charge is 0.126 e. The maximum absolute atomic E-state index is 12.8. The number of rotatable bonds is 2. The molecule has 0 aliphatic rings. The van der Waals surface area contributed by atoms with E-state index in [-0.39, 0.29) is 16.1 Å². The summed E-state index contributed by atoms with van der Waals surface area (Å²) in [6.07, 6.45) is 5.18. The first-order valence-electron chi connectivity index (χ1n) is 3.92. The highest BCUT2D eigenvalue weighted by Gasteiger charge is 2.09. The predicted molar refractivity (Wildman–Crippen MR) is 58.3 cm³/mol. The van der Waals surface area contributed by atoms with Gasteiger partial charge < -0.3 is 5.32 Å². The van der Waals surface area contributed by atoms with E-state index in [1.54, 1.807) is 6.92 Å². The van der Waals surface area contributed by atoms with Gasteiger partial charge in [0.05, 0.1) is 21.8 Å². The molecular formula is C10H8Cl2FN. The first-order valence-corrected chi connectivity index (χ1v) is 4.67. The molecule has 1 atom stereocenters. The summed E-state index contributed by atoms with van der Waals surface area (Å²) in [4.78, 5) is 0. The van der Waals surface area contributed by atoms with Crippen LogP contribution in [0.25, 0.3) is 0 Å². The van der Waals surface area contributed by atoms with Crippen LogP contribution in [-0.4, -0.2) is 6.04 Å². The van der Waals surface area contributed by atoms with Gasteiger partial charge in [-0.05, 0) is 19.1 Å². The van der Waals surface area contributed by atoms with Gasteiger partial charge in [-0.1, -0.05) is 29.1 Å². The summed E-state index contributed by atoms with van der Waals surface area (Å²) in [5.41, 5.74) is 0.459. The first kappa shape index (κ1) is 11.2. The molecule has 1 N–H and O–H groups in total. The lowest BCUT2D eigenvalue weighted by Crippen LogP contribution is -2.12. The molecule has 0 saturated heterocycles. The van der Waals surface area contributed by atoms with Crippen LogP contribution in [0.1, 0.15) is 6.92 Å². The van der Waals surface area contributed by atoms with E-state index < -0.39 is 5.82 Å². The Morgan fingerprint density at radius 1 is 1.43 bits per heavy atom. The molecule has 14 heavy (non-hydrogen) atoms. The Bertz CT molecular complexity index is 361. The summed E-state index contributed by atoms with van der Waals surface area (Å²) >= 11 is 11.6. The Morgan fingerprint density at radius 2 is 1.93 bits per heavy atom. The molecule has 0 amide bonds. The first-order chi connectivity index (χ1) is 6.54. The van der Waals surface area contributed by atoms with Gasteiger partial charge in [-0.25, -0.2) is 4.39 Å². The topological polar surface area (TPSA) is 12.0 Å². The van der Waals surface area contributed by atoms with Gasteiger partial charge in [0, 0.05) is 0 Å². The van der Waals surface area contributed by atoms with Gasteiger partial charge in [0.1, 0.15) is 5.82 Å². The van der Waals surface area contributed by atoms with Gasteiger partial charge in [-0.2, -0.15) is 0 Å². The molecule has 1 unspecified atom stereocenters. The number of nitrogens with one attached hydrogen (secondary N) is 1. The van der Waals surface area contributed by atoms with Gasteiger partial charge in [-0.15, -0.1) is 6.42 Å². The van der Waals surface area contributed by atoms with E-state index >= 15 is 0 Å². The molecular weight excluding hydrogens is 224 g/mol. The van der Waals surface area contributed by atoms with Gasteiger partial charge >= 0.3 is 0 Å². The number of benzene rings is 1. The average molecular weight is 232 g/mol. The second kappa shape index (κ2) is 4.54. The molecule has 4 heteroatoms. The predicted octanol–water partition coefficient (Wildman–Crippen LogP) is 3.57. The van der Waals surface area contributed by atoms with Gasteiger partial charge in [-0.3, -0.25) is 0 Å². The Hall–Kier alpha value is -0.910. The van der Waals surface area contributed by atoms with E-state index in [1.807, 2.05) is 0 Å². The Labute approximate surface area is 92.2 Å². The largest absolute Gasteiger partial charge is 0.369 e. The van der Waals surface area contributed by atoms with Gasteiger partial charge in [0.15, 0.2) is 0 Å². The number of terminal acetylenes is 1. The highest BCUT2D eigenvalue weighted by Crippen LogP contribution is 2.31. The normalized spacial score (nSPS) is 11.9. The summed E-state index contributed by atoms with van der Waals surface area (Å²) in [5, 5.41) is 3.33. The van der Waals surface area contributed by atoms with Crippen LogP contribution in [0.4, 0.5) is 10.1 Å². The van der Waals surface area contributed by atoms with Crippen LogP contribution >= 0.6 is 23.2 Å². The van der Waals surface area contributed by atoms with Crippen LogP contribution in [0.5, 0.6) is 0 Å². The van der Waals surface area contributed by atoms with Crippen LogP contribution in [0.15, 0.2) is 12.1 Å². The number of anilines is 1. The summed E-state index contributed by atoms with van der Waals surface area (Å²) in [6, 6.07) is 2.15. The van der Waals surface area contributed by atoms with E-state index in [0.717, 1.165) is 0 Å². The molecule has 1 nitrogen and oxygen atoms in total. The number of halogens is 3. The molecule has 1 aromatic carbocycles. The molecule has 0 spiro atoms. The lowest BCUT2D eigenvalue weighted by Gasteiger charge is -2.12. The molecule has 1 rings (SSSR count). The molecule has 0 aliphatic heterocycles. The van der Waals surface area contributed by atoms with Gasteiger partial charge in [0.25, 0.3) is 0 Å². The van der Waals surface area contributed by atoms with Crippen LogP contribution in [0, 0.1) is 18.2 Å². The third-order valence-corrected chi connectivity index (χ3v) is 2.21. The zero-order valence-electron chi connectivity index (χ0n) is 7.44. The molecule has 0 aliphatic carbocycles. The van der Waals surface area contributed by atoms with E-state index in [9.17, 15) is 4.39 Å².